The molecule has 0 radical (unpaired) electrons. The molecule has 0 aromatic carbocycles. The minimum atomic E-state index is -1.32. The number of carbonyl (C=O) groups excluding carboxylic acids is 1. The van der Waals surface area contributed by atoms with Crippen molar-refractivity contribution in [1.82, 2.24) is 0 Å². The molecule has 2 saturated heterocycles. The van der Waals surface area contributed by atoms with Crippen molar-refractivity contribution in [3.05, 3.63) is 20.2 Å². The third kappa shape index (κ3) is 6.63. The van der Waals surface area contributed by atoms with Crippen LogP contribution in [0, 0.1) is 20.2 Å². The van der Waals surface area contributed by atoms with Gasteiger partial charge >= 0.3 is 6.16 Å². The number of fused-ring (bicyclic) bond motifs is 1. The first-order valence-electron chi connectivity index (χ1n) is 7.77. The summed E-state index contributed by atoms with van der Waals surface area (Å²) in [6.07, 6.45) is -4.93. The normalized spacial score (nSPS) is 27.4. The molecule has 27 heavy (non-hydrogen) atoms. The quantitative estimate of drug-likeness (QED) is 0.183. The predicted molar refractivity (Wildman–Crippen MR) is 77.3 cm³/mol. The van der Waals surface area contributed by atoms with Crippen molar-refractivity contribution < 1.29 is 53.4 Å². The van der Waals surface area contributed by atoms with Crippen molar-refractivity contribution >= 4 is 6.16 Å². The Morgan fingerprint density at radius 1 is 1.11 bits per heavy atom. The second kappa shape index (κ2) is 10.0. The van der Waals surface area contributed by atoms with E-state index < -0.39 is 60.1 Å². The van der Waals surface area contributed by atoms with E-state index in [4.69, 9.17) is 23.7 Å². The summed E-state index contributed by atoms with van der Waals surface area (Å²) < 4.78 is 25.3. The van der Waals surface area contributed by atoms with Gasteiger partial charge in [-0.05, 0) is 0 Å². The van der Waals surface area contributed by atoms with Crippen molar-refractivity contribution in [2.24, 2.45) is 0 Å². The Kier molecular flexibility index (Phi) is 7.71. The minimum Gasteiger partial charge on any atom is -0.432 e. The van der Waals surface area contributed by atoms with Crippen LogP contribution in [-0.2, 0) is 33.4 Å². The Morgan fingerprint density at radius 2 is 1.85 bits per heavy atom. The molecule has 15 nitrogen and oxygen atoms in total. The van der Waals surface area contributed by atoms with Crippen LogP contribution in [0.2, 0.25) is 0 Å². The molecular formula is C12H18N2O13. The summed E-state index contributed by atoms with van der Waals surface area (Å²) in [5, 5.41) is 27.7. The first-order valence-corrected chi connectivity index (χ1v) is 7.77. The standard InChI is InChI=1S/C12H18N2O13/c15-8-5-23-11-9(6-24-10(8)11)26-12(16)22-2-1-21-3-7(27-14(19)20)4-25-13(17)18/h7-11,15H,1-6H2/t7?,8?,9?,10-,11-/m1/s1. The molecule has 154 valence electrons. The summed E-state index contributed by atoms with van der Waals surface area (Å²) in [6.45, 7) is -1.37. The molecule has 15 heteroatoms. The molecule has 0 aromatic heterocycles. The molecule has 0 saturated carbocycles. The van der Waals surface area contributed by atoms with Crippen LogP contribution in [-0.4, -0.2) is 91.6 Å². The van der Waals surface area contributed by atoms with Gasteiger partial charge in [-0.3, -0.25) is 0 Å². The van der Waals surface area contributed by atoms with E-state index >= 15 is 0 Å². The van der Waals surface area contributed by atoms with Crippen LogP contribution in [0.3, 0.4) is 0 Å². The minimum absolute atomic E-state index is 0.0638. The second-order valence-corrected chi connectivity index (χ2v) is 5.46. The zero-order valence-corrected chi connectivity index (χ0v) is 13.9. The van der Waals surface area contributed by atoms with E-state index in [1.165, 1.54) is 0 Å². The van der Waals surface area contributed by atoms with E-state index in [1.54, 1.807) is 0 Å². The molecule has 0 spiro atoms. The molecule has 0 bridgehead atoms. The van der Waals surface area contributed by atoms with Gasteiger partial charge in [0.15, 0.2) is 12.2 Å². The summed E-state index contributed by atoms with van der Waals surface area (Å²) in [4.78, 5) is 40.1. The SMILES string of the molecule is O=C(OCCOCC(CO[N+](=O)[O-])O[N+](=O)[O-])OC1CO[C@@H]2C(O)CO[C@H]12. The number of ether oxygens (including phenoxy) is 5. The predicted octanol–water partition coefficient (Wildman–Crippen LogP) is -1.53. The monoisotopic (exact) mass is 398 g/mol. The molecular weight excluding hydrogens is 380 g/mol. The van der Waals surface area contributed by atoms with E-state index in [1.807, 2.05) is 0 Å². The van der Waals surface area contributed by atoms with E-state index in [0.717, 1.165) is 0 Å². The van der Waals surface area contributed by atoms with Gasteiger partial charge in [0, 0.05) is 0 Å². The highest BCUT2D eigenvalue weighted by atomic mass is 17.0. The topological polar surface area (TPSA) is 188 Å². The fraction of sp³-hybridized carbons (Fsp3) is 0.917. The Morgan fingerprint density at radius 3 is 2.56 bits per heavy atom. The molecule has 2 aliphatic heterocycles. The third-order valence-corrected chi connectivity index (χ3v) is 3.58. The zero-order valence-electron chi connectivity index (χ0n) is 13.9. The molecule has 0 aliphatic carbocycles. The summed E-state index contributed by atoms with van der Waals surface area (Å²) in [7, 11) is 0. The molecule has 3 unspecified atom stereocenters. The van der Waals surface area contributed by atoms with Gasteiger partial charge in [-0.25, -0.2) is 4.79 Å². The number of aliphatic hydroxyl groups is 1. The van der Waals surface area contributed by atoms with Gasteiger partial charge in [0.05, 0.1) is 26.4 Å². The van der Waals surface area contributed by atoms with E-state index in [0.29, 0.717) is 0 Å². The summed E-state index contributed by atoms with van der Waals surface area (Å²) in [5.74, 6) is 0. The van der Waals surface area contributed by atoms with Crippen molar-refractivity contribution in [3.8, 4) is 0 Å². The molecule has 2 aliphatic rings. The van der Waals surface area contributed by atoms with Gasteiger partial charge in [0.25, 0.3) is 10.2 Å². The maximum absolute atomic E-state index is 11.6. The van der Waals surface area contributed by atoms with Crippen LogP contribution in [0.4, 0.5) is 4.79 Å². The molecule has 0 aromatic rings. The average molecular weight is 398 g/mol. The Labute approximate surface area is 151 Å². The van der Waals surface area contributed by atoms with Crippen molar-refractivity contribution in [1.29, 1.82) is 0 Å². The zero-order chi connectivity index (χ0) is 19.8. The van der Waals surface area contributed by atoms with Gasteiger partial charge < -0.3 is 38.5 Å². The lowest BCUT2D eigenvalue weighted by Gasteiger charge is -2.16. The summed E-state index contributed by atoms with van der Waals surface area (Å²) >= 11 is 0. The molecule has 1 N–H and O–H groups in total. The molecule has 2 fully saturated rings. The average Bonchev–Trinajstić information content (AvgIpc) is 3.15. The van der Waals surface area contributed by atoms with Gasteiger partial charge in [-0.15, -0.1) is 20.2 Å². The van der Waals surface area contributed by atoms with Crippen LogP contribution in [0.5, 0.6) is 0 Å². The number of aliphatic hydroxyl groups excluding tert-OH is 1. The van der Waals surface area contributed by atoms with E-state index in [-0.39, 0.29) is 26.4 Å². The number of hydrogen-bond acceptors (Lipinski definition) is 13. The Balaban J connectivity index is 1.59. The third-order valence-electron chi connectivity index (χ3n) is 3.58. The Bertz CT molecular complexity index is 531. The highest BCUT2D eigenvalue weighted by Gasteiger charge is 2.49. The van der Waals surface area contributed by atoms with Crippen LogP contribution in [0.1, 0.15) is 0 Å². The fourth-order valence-electron chi connectivity index (χ4n) is 2.48. The lowest BCUT2D eigenvalue weighted by molar-refractivity contribution is -0.790. The lowest BCUT2D eigenvalue weighted by Crippen LogP contribution is -2.34. The maximum Gasteiger partial charge on any atom is 0.508 e. The number of rotatable bonds is 11. The number of nitrogens with zero attached hydrogens (tertiary/aromatic N) is 2. The maximum atomic E-state index is 11.6. The first kappa shape index (κ1) is 20.8. The van der Waals surface area contributed by atoms with Crippen LogP contribution in [0.15, 0.2) is 0 Å². The highest BCUT2D eigenvalue weighted by Crippen LogP contribution is 2.28. The molecule has 2 rings (SSSR count). The van der Waals surface area contributed by atoms with Crippen LogP contribution >= 0.6 is 0 Å². The van der Waals surface area contributed by atoms with Crippen LogP contribution < -0.4 is 0 Å². The highest BCUT2D eigenvalue weighted by molar-refractivity contribution is 5.60. The molecule has 0 amide bonds. The van der Waals surface area contributed by atoms with E-state index in [2.05, 4.69) is 9.68 Å². The summed E-state index contributed by atoms with van der Waals surface area (Å²) in [6, 6.07) is 0. The Hall–Kier alpha value is -2.49. The fourth-order valence-corrected chi connectivity index (χ4v) is 2.48. The number of hydrogen-bond donors (Lipinski definition) is 1. The van der Waals surface area contributed by atoms with Crippen molar-refractivity contribution in [3.63, 3.8) is 0 Å². The smallest absolute Gasteiger partial charge is 0.432 e. The van der Waals surface area contributed by atoms with Crippen LogP contribution in [0.25, 0.3) is 0 Å². The van der Waals surface area contributed by atoms with Gasteiger partial charge in [-0.2, -0.15) is 0 Å². The van der Waals surface area contributed by atoms with E-state index in [9.17, 15) is 30.1 Å². The van der Waals surface area contributed by atoms with Gasteiger partial charge in [0.1, 0.15) is 31.5 Å². The molecule has 2 heterocycles. The summed E-state index contributed by atoms with van der Waals surface area (Å²) in [5.41, 5.74) is 0. The van der Waals surface area contributed by atoms with Gasteiger partial charge in [0.2, 0.25) is 0 Å². The van der Waals surface area contributed by atoms with Gasteiger partial charge in [-0.1, -0.05) is 0 Å². The first-order chi connectivity index (χ1) is 12.9. The van der Waals surface area contributed by atoms with Crippen molar-refractivity contribution in [2.45, 2.75) is 30.5 Å². The lowest BCUT2D eigenvalue weighted by atomic mass is 10.1. The second-order valence-electron chi connectivity index (χ2n) is 5.46. The number of carbonyl (C=O) groups is 1. The largest absolute Gasteiger partial charge is 0.508 e. The molecule has 5 atom stereocenters. The van der Waals surface area contributed by atoms with Crippen molar-refractivity contribution in [2.75, 3.05) is 39.6 Å².